The molecular formula is C12H9BrClNS. The first-order chi connectivity index (χ1) is 7.65. The van der Waals surface area contributed by atoms with Gasteiger partial charge in [0.1, 0.15) is 5.03 Å². The van der Waals surface area contributed by atoms with Gasteiger partial charge in [0.05, 0.1) is 5.69 Å². The standard InChI is InChI=1S/C12H9BrClNS/c1-8-11(13)5-6-12(15-8)16-10-4-2-3-9(14)7-10/h2-7H,1H3. The number of halogens is 2. The molecule has 0 fully saturated rings. The van der Waals surface area contributed by atoms with Gasteiger partial charge in [0.15, 0.2) is 0 Å². The Balaban J connectivity index is 2.24. The second-order valence-corrected chi connectivity index (χ2v) is 5.66. The number of benzene rings is 1. The summed E-state index contributed by atoms with van der Waals surface area (Å²) < 4.78 is 1.03. The van der Waals surface area contributed by atoms with Crippen molar-refractivity contribution in [2.75, 3.05) is 0 Å². The van der Waals surface area contributed by atoms with Crippen molar-refractivity contribution >= 4 is 39.3 Å². The maximum Gasteiger partial charge on any atom is 0.101 e. The summed E-state index contributed by atoms with van der Waals surface area (Å²) in [5.41, 5.74) is 0.993. The summed E-state index contributed by atoms with van der Waals surface area (Å²) in [6.07, 6.45) is 0. The largest absolute Gasteiger partial charge is 0.245 e. The predicted molar refractivity (Wildman–Crippen MR) is 72.2 cm³/mol. The summed E-state index contributed by atoms with van der Waals surface area (Å²) >= 11 is 11.0. The normalized spacial score (nSPS) is 10.4. The van der Waals surface area contributed by atoms with Gasteiger partial charge in [0.25, 0.3) is 0 Å². The lowest BCUT2D eigenvalue weighted by Gasteiger charge is -2.03. The number of hydrogen-bond donors (Lipinski definition) is 0. The second kappa shape index (κ2) is 5.21. The van der Waals surface area contributed by atoms with Crippen molar-refractivity contribution in [3.63, 3.8) is 0 Å². The SMILES string of the molecule is Cc1nc(Sc2cccc(Cl)c2)ccc1Br. The molecule has 0 saturated heterocycles. The van der Waals surface area contributed by atoms with Gasteiger partial charge in [-0.25, -0.2) is 4.98 Å². The summed E-state index contributed by atoms with van der Waals surface area (Å²) in [4.78, 5) is 5.57. The number of rotatable bonds is 2. The van der Waals surface area contributed by atoms with E-state index in [1.807, 2.05) is 43.3 Å². The molecule has 2 rings (SSSR count). The highest BCUT2D eigenvalue weighted by Crippen LogP contribution is 2.29. The van der Waals surface area contributed by atoms with Crippen LogP contribution in [0.4, 0.5) is 0 Å². The van der Waals surface area contributed by atoms with Crippen LogP contribution >= 0.6 is 39.3 Å². The molecule has 1 heterocycles. The van der Waals surface area contributed by atoms with Gasteiger partial charge in [0, 0.05) is 14.4 Å². The van der Waals surface area contributed by atoms with Crippen molar-refractivity contribution in [3.05, 3.63) is 51.6 Å². The number of nitrogens with zero attached hydrogens (tertiary/aromatic N) is 1. The van der Waals surface area contributed by atoms with E-state index in [4.69, 9.17) is 11.6 Å². The smallest absolute Gasteiger partial charge is 0.101 e. The predicted octanol–water partition coefficient (Wildman–Crippen LogP) is 4.96. The molecule has 16 heavy (non-hydrogen) atoms. The van der Waals surface area contributed by atoms with Gasteiger partial charge in [-0.1, -0.05) is 29.4 Å². The molecule has 0 amide bonds. The third-order valence-corrected chi connectivity index (χ3v) is 4.01. The fourth-order valence-corrected chi connectivity index (χ4v) is 2.60. The van der Waals surface area contributed by atoms with Crippen molar-refractivity contribution < 1.29 is 0 Å². The van der Waals surface area contributed by atoms with Crippen LogP contribution in [0.5, 0.6) is 0 Å². The maximum atomic E-state index is 5.93. The quantitative estimate of drug-likeness (QED) is 0.777. The third-order valence-electron chi connectivity index (χ3n) is 2.01. The zero-order valence-electron chi connectivity index (χ0n) is 8.58. The molecule has 0 spiro atoms. The van der Waals surface area contributed by atoms with Gasteiger partial charge in [-0.2, -0.15) is 0 Å². The van der Waals surface area contributed by atoms with Crippen LogP contribution in [0.2, 0.25) is 5.02 Å². The third kappa shape index (κ3) is 3.00. The average molecular weight is 315 g/mol. The van der Waals surface area contributed by atoms with Crippen molar-refractivity contribution in [1.82, 2.24) is 4.98 Å². The van der Waals surface area contributed by atoms with Gasteiger partial charge in [0.2, 0.25) is 0 Å². The van der Waals surface area contributed by atoms with Gasteiger partial charge >= 0.3 is 0 Å². The Morgan fingerprint density at radius 1 is 1.25 bits per heavy atom. The summed E-state index contributed by atoms with van der Waals surface area (Å²) in [6.45, 7) is 1.98. The molecule has 0 N–H and O–H groups in total. The van der Waals surface area contributed by atoms with Crippen LogP contribution in [0, 0.1) is 6.92 Å². The fourth-order valence-electron chi connectivity index (χ4n) is 1.23. The molecule has 0 bridgehead atoms. The van der Waals surface area contributed by atoms with E-state index in [9.17, 15) is 0 Å². The van der Waals surface area contributed by atoms with Crippen LogP contribution < -0.4 is 0 Å². The lowest BCUT2D eigenvalue weighted by molar-refractivity contribution is 1.05. The highest BCUT2D eigenvalue weighted by molar-refractivity contribution is 9.10. The van der Waals surface area contributed by atoms with Crippen LogP contribution in [0.25, 0.3) is 0 Å². The molecule has 1 nitrogen and oxygen atoms in total. The Labute approximate surface area is 112 Å². The minimum Gasteiger partial charge on any atom is -0.245 e. The number of hydrogen-bond acceptors (Lipinski definition) is 2. The Hall–Kier alpha value is -0.510. The van der Waals surface area contributed by atoms with Crippen molar-refractivity contribution in [2.24, 2.45) is 0 Å². The Bertz CT molecular complexity index is 516. The monoisotopic (exact) mass is 313 g/mol. The minimum atomic E-state index is 0.749. The molecule has 1 aromatic heterocycles. The molecule has 0 radical (unpaired) electrons. The van der Waals surface area contributed by atoms with E-state index < -0.39 is 0 Å². The number of aromatic nitrogens is 1. The summed E-state index contributed by atoms with van der Waals surface area (Å²) in [5.74, 6) is 0. The maximum absolute atomic E-state index is 5.93. The Kier molecular flexibility index (Phi) is 3.90. The fraction of sp³-hybridized carbons (Fsp3) is 0.0833. The van der Waals surface area contributed by atoms with Crippen LogP contribution in [-0.4, -0.2) is 4.98 Å². The molecule has 82 valence electrons. The van der Waals surface area contributed by atoms with E-state index in [0.29, 0.717) is 0 Å². The van der Waals surface area contributed by atoms with E-state index in [1.165, 1.54) is 0 Å². The van der Waals surface area contributed by atoms with Crippen molar-refractivity contribution in [1.29, 1.82) is 0 Å². The molecule has 0 saturated carbocycles. The highest BCUT2D eigenvalue weighted by atomic mass is 79.9. The van der Waals surface area contributed by atoms with Crippen molar-refractivity contribution in [3.8, 4) is 0 Å². The first-order valence-corrected chi connectivity index (χ1v) is 6.70. The van der Waals surface area contributed by atoms with Crippen LogP contribution in [0.15, 0.2) is 50.8 Å². The Morgan fingerprint density at radius 2 is 2.06 bits per heavy atom. The van der Waals surface area contributed by atoms with Gasteiger partial charge in [-0.05, 0) is 53.2 Å². The van der Waals surface area contributed by atoms with Crippen LogP contribution in [0.3, 0.4) is 0 Å². The molecule has 0 aliphatic heterocycles. The van der Waals surface area contributed by atoms with E-state index in [-0.39, 0.29) is 0 Å². The molecule has 0 unspecified atom stereocenters. The van der Waals surface area contributed by atoms with E-state index in [1.54, 1.807) is 11.8 Å². The molecule has 0 atom stereocenters. The number of pyridine rings is 1. The summed E-state index contributed by atoms with van der Waals surface area (Å²) in [7, 11) is 0. The summed E-state index contributed by atoms with van der Waals surface area (Å²) in [5, 5.41) is 1.72. The van der Waals surface area contributed by atoms with Gasteiger partial charge in [-0.15, -0.1) is 0 Å². The summed E-state index contributed by atoms with van der Waals surface area (Å²) in [6, 6.07) is 11.8. The minimum absolute atomic E-state index is 0.749. The first-order valence-electron chi connectivity index (χ1n) is 4.72. The first kappa shape index (κ1) is 12.0. The van der Waals surface area contributed by atoms with Crippen LogP contribution in [0.1, 0.15) is 5.69 Å². The molecule has 1 aromatic carbocycles. The molecule has 4 heteroatoms. The van der Waals surface area contributed by atoms with Gasteiger partial charge < -0.3 is 0 Å². The van der Waals surface area contributed by atoms with E-state index in [2.05, 4.69) is 20.9 Å². The lowest BCUT2D eigenvalue weighted by atomic mass is 10.4. The molecule has 0 aliphatic rings. The topological polar surface area (TPSA) is 12.9 Å². The molecule has 2 aromatic rings. The van der Waals surface area contributed by atoms with E-state index in [0.717, 1.165) is 25.1 Å². The second-order valence-electron chi connectivity index (χ2n) is 3.28. The zero-order valence-corrected chi connectivity index (χ0v) is 11.7. The van der Waals surface area contributed by atoms with E-state index >= 15 is 0 Å². The highest BCUT2D eigenvalue weighted by Gasteiger charge is 2.02. The number of aryl methyl sites for hydroxylation is 1. The zero-order chi connectivity index (χ0) is 11.5. The van der Waals surface area contributed by atoms with Crippen molar-refractivity contribution in [2.45, 2.75) is 16.8 Å². The van der Waals surface area contributed by atoms with Crippen LogP contribution in [-0.2, 0) is 0 Å². The Morgan fingerprint density at radius 3 is 2.75 bits per heavy atom. The average Bonchev–Trinajstić information content (AvgIpc) is 2.24. The molecule has 0 aliphatic carbocycles. The van der Waals surface area contributed by atoms with Gasteiger partial charge in [-0.3, -0.25) is 0 Å². The lowest BCUT2D eigenvalue weighted by Crippen LogP contribution is -1.85. The molecular weight excluding hydrogens is 306 g/mol.